The van der Waals surface area contributed by atoms with Gasteiger partial charge in [-0.15, -0.1) is 24.5 Å². The molecule has 0 radical (unpaired) electrons. The number of alkyl halides is 4. The van der Waals surface area contributed by atoms with Crippen molar-refractivity contribution in [2.45, 2.75) is 151 Å². The van der Waals surface area contributed by atoms with Crippen LogP contribution in [0.25, 0.3) is 10.1 Å². The molecule has 5 heterocycles. The van der Waals surface area contributed by atoms with Crippen molar-refractivity contribution in [3.8, 4) is 5.75 Å². The molecule has 8 atom stereocenters. The molecule has 1 unspecified atom stereocenters. The van der Waals surface area contributed by atoms with E-state index < -0.39 is 55.9 Å². The van der Waals surface area contributed by atoms with Crippen molar-refractivity contribution in [3.63, 3.8) is 0 Å². The van der Waals surface area contributed by atoms with Gasteiger partial charge in [-0.05, 0) is 138 Å². The van der Waals surface area contributed by atoms with Gasteiger partial charge in [0.1, 0.15) is 23.9 Å². The summed E-state index contributed by atoms with van der Waals surface area (Å²) in [6, 6.07) is 14.4. The first-order valence-corrected chi connectivity index (χ1v) is 26.7. The van der Waals surface area contributed by atoms with Crippen LogP contribution in [0.3, 0.4) is 0 Å². The van der Waals surface area contributed by atoms with Crippen LogP contribution < -0.4 is 14.9 Å². The third kappa shape index (κ3) is 10.6. The van der Waals surface area contributed by atoms with Crippen LogP contribution in [0.1, 0.15) is 117 Å². The minimum atomic E-state index is -4.73. The fourth-order valence-corrected chi connectivity index (χ4v) is 13.8. The predicted molar refractivity (Wildman–Crippen MR) is 254 cm³/mol. The first kappa shape index (κ1) is 50.0. The van der Waals surface area contributed by atoms with Gasteiger partial charge in [0.05, 0.1) is 17.6 Å². The Morgan fingerprint density at radius 3 is 2.47 bits per heavy atom. The van der Waals surface area contributed by atoms with E-state index in [2.05, 4.69) is 25.0 Å². The Balaban J connectivity index is 0.952. The number of hydrogen-bond acceptors (Lipinski definition) is 11. The van der Waals surface area contributed by atoms with E-state index in [9.17, 15) is 36.9 Å². The SMILES string of the molecule is CCCOC(=O)[C@H](C)NP(=O)(Oc1ccccc1)[C@@H](F)c1ccc2sc(C(=O)N[C@H]3CC[C@H](N(C)C4CC(OC(F)(F)F)C4)C[C@H]4CC[C@@H](C(=O)N5C[C@H](c6cccnc6)CC56CC6)N4C3=O)cc2c1. The van der Waals surface area contributed by atoms with E-state index in [1.54, 1.807) is 41.4 Å². The zero-order valence-electron chi connectivity index (χ0n) is 39.3. The molecule has 3 saturated heterocycles. The van der Waals surface area contributed by atoms with Crippen molar-refractivity contribution in [2.24, 2.45) is 0 Å². The number of carbonyl (C=O) groups is 4. The molecule has 70 heavy (non-hydrogen) atoms. The van der Waals surface area contributed by atoms with Crippen LogP contribution in [0.5, 0.6) is 5.75 Å². The molecule has 4 aromatic rings. The van der Waals surface area contributed by atoms with Crippen molar-refractivity contribution < 1.29 is 55.3 Å². The molecule has 2 aromatic heterocycles. The van der Waals surface area contributed by atoms with E-state index in [1.807, 2.05) is 37.2 Å². The Kier molecular flexibility index (Phi) is 14.5. The second kappa shape index (κ2) is 20.3. The highest BCUT2D eigenvalue weighted by Gasteiger charge is 2.59. The number of thiophene rings is 1. The summed E-state index contributed by atoms with van der Waals surface area (Å²) in [4.78, 5) is 67.1. The molecule has 1 spiro atoms. The van der Waals surface area contributed by atoms with E-state index in [0.717, 1.165) is 36.2 Å². The number of ether oxygens (including phenoxy) is 2. The lowest BCUT2D eigenvalue weighted by atomic mass is 9.85. The van der Waals surface area contributed by atoms with Crippen LogP contribution in [0.2, 0.25) is 0 Å². The number of halogens is 4. The summed E-state index contributed by atoms with van der Waals surface area (Å²) in [6.45, 7) is 3.88. The Hall–Kier alpha value is -4.94. The number of carbonyl (C=O) groups excluding carboxylic acids is 4. The molecule has 5 fully saturated rings. The number of para-hydroxylation sites is 1. The molecule has 2 aromatic carbocycles. The normalized spacial score (nSPS) is 27.0. The summed E-state index contributed by atoms with van der Waals surface area (Å²) in [5.74, 6) is -3.76. The van der Waals surface area contributed by atoms with Gasteiger partial charge in [-0.2, -0.15) is 0 Å². The third-order valence-electron chi connectivity index (χ3n) is 14.8. The number of likely N-dealkylation sites (tertiary alicyclic amines) is 1. The first-order valence-electron chi connectivity index (χ1n) is 24.2. The summed E-state index contributed by atoms with van der Waals surface area (Å²) < 4.78 is 86.3. The van der Waals surface area contributed by atoms with Crippen LogP contribution in [-0.4, -0.2) is 118 Å². The zero-order chi connectivity index (χ0) is 49.5. The van der Waals surface area contributed by atoms with Crippen molar-refractivity contribution in [1.29, 1.82) is 0 Å². The molecule has 2 aliphatic carbocycles. The Labute approximate surface area is 408 Å². The molecule has 376 valence electrons. The molecular formula is C50H59F4N6O8PS. The number of nitrogens with one attached hydrogen (secondary N) is 2. The van der Waals surface area contributed by atoms with Crippen molar-refractivity contribution in [2.75, 3.05) is 20.2 Å². The van der Waals surface area contributed by atoms with Gasteiger partial charge < -0.3 is 29.3 Å². The van der Waals surface area contributed by atoms with E-state index in [0.29, 0.717) is 48.7 Å². The summed E-state index contributed by atoms with van der Waals surface area (Å²) in [7, 11) is -2.64. The Morgan fingerprint density at radius 2 is 1.77 bits per heavy atom. The number of amides is 3. The monoisotopic (exact) mass is 1010 g/mol. The first-order chi connectivity index (χ1) is 33.4. The quantitative estimate of drug-likeness (QED) is 0.0627. The highest BCUT2D eigenvalue weighted by molar-refractivity contribution is 7.57. The number of rotatable bonds is 16. The van der Waals surface area contributed by atoms with E-state index in [1.165, 1.54) is 31.2 Å². The largest absolute Gasteiger partial charge is 0.522 e. The van der Waals surface area contributed by atoms with Crippen LogP contribution >= 0.6 is 18.9 Å². The van der Waals surface area contributed by atoms with Crippen molar-refractivity contribution in [1.82, 2.24) is 30.1 Å². The van der Waals surface area contributed by atoms with Gasteiger partial charge in [-0.25, -0.2) is 9.48 Å². The maximum atomic E-state index is 16.7. The number of fused-ring (bicyclic) bond motifs is 2. The summed E-state index contributed by atoms with van der Waals surface area (Å²) in [5, 5.41) is 6.03. The molecule has 14 nitrogen and oxygen atoms in total. The van der Waals surface area contributed by atoms with Crippen molar-refractivity contribution >= 4 is 52.6 Å². The highest BCUT2D eigenvalue weighted by Crippen LogP contribution is 2.58. The minimum Gasteiger partial charge on any atom is -0.465 e. The Bertz CT molecular complexity index is 2600. The lowest BCUT2D eigenvalue weighted by molar-refractivity contribution is -0.354. The lowest BCUT2D eigenvalue weighted by Crippen LogP contribution is -2.60. The fourth-order valence-electron chi connectivity index (χ4n) is 10.9. The average Bonchev–Trinajstić information content (AvgIpc) is 3.59. The maximum absolute atomic E-state index is 16.7. The molecule has 2 saturated carbocycles. The van der Waals surface area contributed by atoms with Gasteiger partial charge in [0.2, 0.25) is 17.7 Å². The number of esters is 1. The fraction of sp³-hybridized carbons (Fsp3) is 0.540. The number of hydrogen-bond donors (Lipinski definition) is 2. The molecule has 9 rings (SSSR count). The van der Waals surface area contributed by atoms with Gasteiger partial charge in [0.25, 0.3) is 5.91 Å². The molecule has 3 amide bonds. The average molecular weight is 1010 g/mol. The van der Waals surface area contributed by atoms with E-state index >= 15 is 4.39 Å². The van der Waals surface area contributed by atoms with E-state index in [4.69, 9.17) is 9.26 Å². The second-order valence-electron chi connectivity index (χ2n) is 19.6. The molecular weight excluding hydrogens is 952 g/mol. The van der Waals surface area contributed by atoms with Gasteiger partial charge >= 0.3 is 19.9 Å². The van der Waals surface area contributed by atoms with Gasteiger partial charge in [-0.1, -0.05) is 37.3 Å². The number of benzene rings is 2. The van der Waals surface area contributed by atoms with Gasteiger partial charge in [-0.3, -0.25) is 33.5 Å². The number of nitrogens with zero attached hydrogens (tertiary/aromatic N) is 4. The summed E-state index contributed by atoms with van der Waals surface area (Å²) in [5.41, 5.74) is 0.763. The highest BCUT2D eigenvalue weighted by atomic mass is 32.1. The molecule has 2 N–H and O–H groups in total. The standard InChI is InChI=1S/C50H59F4N6O8PS/c1-4-21-66-48(64)30(2)57-69(65,68-38-10-6-5-7-11-38)44(51)31-12-17-42-33(22-31)23-43(70-42)45(61)56-40-15-13-35(58(3)37-25-39(26-37)67-50(52,53)54)24-36-14-16-41(60(36)46(40)62)47(63)59-29-34(27-49(59)18-19-49)32-9-8-20-55-28-32/h5-12,17,20,22-23,28,30,34-37,39-41,44H,4,13-16,18-19,21,24-27,29H2,1-3H3,(H,56,61)(H,57,65)/t30-,34+,35-,36+,37?,39?,40-,41-,44+,69?/m0/s1. The number of aromatic nitrogens is 1. The topological polar surface area (TPSA) is 160 Å². The minimum absolute atomic E-state index is 0.0280. The predicted octanol–water partition coefficient (Wildman–Crippen LogP) is 9.03. The zero-order valence-corrected chi connectivity index (χ0v) is 41.0. The van der Waals surface area contributed by atoms with Crippen molar-refractivity contribution in [3.05, 3.63) is 95.1 Å². The summed E-state index contributed by atoms with van der Waals surface area (Å²) >= 11 is 1.13. The maximum Gasteiger partial charge on any atom is 0.522 e. The molecule has 3 aliphatic heterocycles. The van der Waals surface area contributed by atoms with Gasteiger partial charge in [0.15, 0.2) is 0 Å². The van der Waals surface area contributed by atoms with Crippen LogP contribution in [0.4, 0.5) is 17.6 Å². The van der Waals surface area contributed by atoms with Crippen LogP contribution in [-0.2, 0) is 28.4 Å². The van der Waals surface area contributed by atoms with Gasteiger partial charge in [0, 0.05) is 53.2 Å². The van der Waals surface area contributed by atoms with Crippen LogP contribution in [0, 0.1) is 0 Å². The lowest BCUT2D eigenvalue weighted by Gasteiger charge is -2.47. The molecule has 5 aliphatic rings. The van der Waals surface area contributed by atoms with E-state index in [-0.39, 0.29) is 83.5 Å². The van der Waals surface area contributed by atoms with Crippen LogP contribution in [0.15, 0.2) is 79.1 Å². The molecule has 20 heteroatoms. The number of pyridine rings is 1. The Morgan fingerprint density at radius 1 is 1.00 bits per heavy atom. The second-order valence-corrected chi connectivity index (χ2v) is 22.8. The summed E-state index contributed by atoms with van der Waals surface area (Å²) in [6.07, 6.45) is 3.61. The third-order valence-corrected chi connectivity index (χ3v) is 18.1. The smallest absolute Gasteiger partial charge is 0.465 e. The molecule has 0 bridgehead atoms.